The Kier molecular flexibility index (Phi) is 3.48. The Morgan fingerprint density at radius 1 is 1.11 bits per heavy atom. The van der Waals surface area contributed by atoms with E-state index < -0.39 is 9.05 Å². The third-order valence-corrected chi connectivity index (χ3v) is 5.50. The minimum absolute atomic E-state index is 0.127. The molecule has 0 N–H and O–H groups in total. The summed E-state index contributed by atoms with van der Waals surface area (Å²) in [4.78, 5) is 0.127. The zero-order valence-electron chi connectivity index (χ0n) is 10.6. The van der Waals surface area contributed by atoms with Crippen molar-refractivity contribution in [3.8, 4) is 5.75 Å². The van der Waals surface area contributed by atoms with Crippen molar-refractivity contribution in [1.82, 2.24) is 0 Å². The maximum Gasteiger partial charge on any atom is 0.261 e. The minimum atomic E-state index is -3.68. The summed E-state index contributed by atoms with van der Waals surface area (Å²) in [5.74, 6) is 1.13. The molecule has 0 radical (unpaired) electrons. The molecular weight excluding hydrogens is 284 g/mol. The molecule has 1 aromatic rings. The van der Waals surface area contributed by atoms with Gasteiger partial charge >= 0.3 is 0 Å². The second-order valence-electron chi connectivity index (χ2n) is 5.39. The molecule has 1 fully saturated rings. The van der Waals surface area contributed by atoms with E-state index in [0.29, 0.717) is 11.7 Å². The summed E-state index contributed by atoms with van der Waals surface area (Å²) in [5, 5.41) is 0. The lowest BCUT2D eigenvalue weighted by molar-refractivity contribution is 0.177. The zero-order valence-corrected chi connectivity index (χ0v) is 12.2. The van der Waals surface area contributed by atoms with Gasteiger partial charge in [-0.1, -0.05) is 25.3 Å². The second-order valence-corrected chi connectivity index (χ2v) is 7.96. The average Bonchev–Trinajstić information content (AvgIpc) is 2.64. The van der Waals surface area contributed by atoms with E-state index in [2.05, 4.69) is 0 Å². The first-order valence-corrected chi connectivity index (χ1v) is 9.12. The molecule has 1 aliphatic carbocycles. The molecule has 2 aliphatic rings. The lowest BCUT2D eigenvalue weighted by Crippen LogP contribution is -2.20. The van der Waals surface area contributed by atoms with E-state index in [1.807, 2.05) is 6.07 Å². The summed E-state index contributed by atoms with van der Waals surface area (Å²) < 4.78 is 28.7. The number of hydrogen-bond donors (Lipinski definition) is 0. The smallest absolute Gasteiger partial charge is 0.261 e. The van der Waals surface area contributed by atoms with Gasteiger partial charge in [0.15, 0.2) is 0 Å². The molecule has 1 aliphatic heterocycles. The van der Waals surface area contributed by atoms with E-state index in [4.69, 9.17) is 15.4 Å². The normalized spacial score (nSPS) is 26.8. The molecule has 0 amide bonds. The van der Waals surface area contributed by atoms with Crippen LogP contribution in [0.4, 0.5) is 0 Å². The van der Waals surface area contributed by atoms with Crippen LogP contribution >= 0.6 is 10.7 Å². The number of halogens is 1. The molecule has 0 aromatic heterocycles. The SMILES string of the molecule is O=S(=O)(Cl)c1ccc2c(c1)OC1CCCCCCC21. The van der Waals surface area contributed by atoms with Crippen LogP contribution in [0.5, 0.6) is 5.75 Å². The predicted molar refractivity (Wildman–Crippen MR) is 74.3 cm³/mol. The van der Waals surface area contributed by atoms with Crippen LogP contribution in [0.2, 0.25) is 0 Å². The molecule has 5 heteroatoms. The third-order valence-electron chi connectivity index (χ3n) is 4.15. The highest BCUT2D eigenvalue weighted by Crippen LogP contribution is 2.44. The van der Waals surface area contributed by atoms with Crippen LogP contribution in [0.1, 0.15) is 50.0 Å². The first-order valence-electron chi connectivity index (χ1n) is 6.81. The molecule has 1 saturated carbocycles. The molecular formula is C14H17ClO3S. The van der Waals surface area contributed by atoms with Gasteiger partial charge < -0.3 is 4.74 Å². The fourth-order valence-corrected chi connectivity index (χ4v) is 3.95. The van der Waals surface area contributed by atoms with E-state index >= 15 is 0 Å². The summed E-state index contributed by atoms with van der Waals surface area (Å²) in [6.45, 7) is 0. The molecule has 0 spiro atoms. The van der Waals surface area contributed by atoms with Crippen molar-refractivity contribution >= 4 is 19.7 Å². The van der Waals surface area contributed by atoms with Crippen LogP contribution < -0.4 is 4.74 Å². The van der Waals surface area contributed by atoms with Crippen LogP contribution in [0, 0.1) is 0 Å². The van der Waals surface area contributed by atoms with Gasteiger partial charge in [0.2, 0.25) is 0 Å². The molecule has 19 heavy (non-hydrogen) atoms. The van der Waals surface area contributed by atoms with Gasteiger partial charge in [-0.2, -0.15) is 0 Å². The predicted octanol–water partition coefficient (Wildman–Crippen LogP) is 3.81. The largest absolute Gasteiger partial charge is 0.489 e. The Hall–Kier alpha value is -0.740. The first kappa shape index (κ1) is 13.3. The molecule has 1 aromatic carbocycles. The van der Waals surface area contributed by atoms with Crippen molar-refractivity contribution in [3.63, 3.8) is 0 Å². The molecule has 3 rings (SSSR count). The molecule has 2 atom stereocenters. The van der Waals surface area contributed by atoms with Crippen molar-refractivity contribution in [1.29, 1.82) is 0 Å². The summed E-state index contributed by atoms with van der Waals surface area (Å²) in [7, 11) is 1.70. The van der Waals surface area contributed by atoms with Gasteiger partial charge in [0.05, 0.1) is 4.90 Å². The van der Waals surface area contributed by atoms with E-state index in [1.165, 1.54) is 25.7 Å². The number of rotatable bonds is 1. The van der Waals surface area contributed by atoms with E-state index in [9.17, 15) is 8.42 Å². The standard InChI is InChI=1S/C14H17ClO3S/c15-19(16,17)10-7-8-12-11-5-3-1-2-4-6-13(11)18-14(12)9-10/h7-9,11,13H,1-6H2. The minimum Gasteiger partial charge on any atom is -0.489 e. The van der Waals surface area contributed by atoms with E-state index in [0.717, 1.165) is 18.4 Å². The van der Waals surface area contributed by atoms with Crippen LogP contribution in [-0.2, 0) is 9.05 Å². The monoisotopic (exact) mass is 300 g/mol. The quantitative estimate of drug-likeness (QED) is 0.741. The fraction of sp³-hybridized carbons (Fsp3) is 0.571. The average molecular weight is 301 g/mol. The van der Waals surface area contributed by atoms with Crippen LogP contribution in [0.15, 0.2) is 23.1 Å². The Morgan fingerprint density at radius 3 is 2.58 bits per heavy atom. The highest BCUT2D eigenvalue weighted by Gasteiger charge is 2.34. The van der Waals surface area contributed by atoms with Gasteiger partial charge in [-0.15, -0.1) is 0 Å². The molecule has 104 valence electrons. The Labute approximate surface area is 118 Å². The van der Waals surface area contributed by atoms with Gasteiger partial charge in [0.25, 0.3) is 9.05 Å². The summed E-state index contributed by atoms with van der Waals surface area (Å²) in [6, 6.07) is 5.03. The van der Waals surface area contributed by atoms with Gasteiger partial charge in [-0.3, -0.25) is 0 Å². The highest BCUT2D eigenvalue weighted by molar-refractivity contribution is 8.13. The summed E-state index contributed by atoms with van der Waals surface area (Å²) >= 11 is 0. The van der Waals surface area contributed by atoms with Gasteiger partial charge in [-0.25, -0.2) is 8.42 Å². The number of ether oxygens (including phenoxy) is 1. The number of benzene rings is 1. The lowest BCUT2D eigenvalue weighted by atomic mass is 9.85. The first-order chi connectivity index (χ1) is 9.05. The van der Waals surface area contributed by atoms with E-state index in [-0.39, 0.29) is 11.0 Å². The molecule has 0 bridgehead atoms. The maximum absolute atomic E-state index is 11.4. The van der Waals surface area contributed by atoms with Gasteiger partial charge in [0.1, 0.15) is 11.9 Å². The van der Waals surface area contributed by atoms with Gasteiger partial charge in [-0.05, 0) is 25.3 Å². The molecule has 0 saturated heterocycles. The second kappa shape index (κ2) is 4.98. The van der Waals surface area contributed by atoms with Crippen molar-refractivity contribution in [2.24, 2.45) is 0 Å². The molecule has 1 heterocycles. The van der Waals surface area contributed by atoms with Crippen LogP contribution in [0.25, 0.3) is 0 Å². The van der Waals surface area contributed by atoms with Crippen molar-refractivity contribution in [3.05, 3.63) is 23.8 Å². The zero-order chi connectivity index (χ0) is 13.5. The van der Waals surface area contributed by atoms with Crippen molar-refractivity contribution < 1.29 is 13.2 Å². The number of fused-ring (bicyclic) bond motifs is 3. The Bertz CT molecular complexity index is 582. The Balaban J connectivity index is 1.95. The maximum atomic E-state index is 11.4. The van der Waals surface area contributed by atoms with Crippen LogP contribution in [-0.4, -0.2) is 14.5 Å². The van der Waals surface area contributed by atoms with Crippen molar-refractivity contribution in [2.45, 2.75) is 55.4 Å². The summed E-state index contributed by atoms with van der Waals surface area (Å²) in [6.07, 6.45) is 7.36. The fourth-order valence-electron chi connectivity index (χ4n) is 3.19. The van der Waals surface area contributed by atoms with Crippen molar-refractivity contribution in [2.75, 3.05) is 0 Å². The summed E-state index contributed by atoms with van der Waals surface area (Å²) in [5.41, 5.74) is 1.15. The topological polar surface area (TPSA) is 43.4 Å². The molecule has 2 unspecified atom stereocenters. The van der Waals surface area contributed by atoms with E-state index in [1.54, 1.807) is 12.1 Å². The number of hydrogen-bond acceptors (Lipinski definition) is 3. The highest BCUT2D eigenvalue weighted by atomic mass is 35.7. The molecule has 3 nitrogen and oxygen atoms in total. The third kappa shape index (κ3) is 2.61. The lowest BCUT2D eigenvalue weighted by Gasteiger charge is -2.21. The van der Waals surface area contributed by atoms with Crippen LogP contribution in [0.3, 0.4) is 0 Å². The van der Waals surface area contributed by atoms with Gasteiger partial charge in [0, 0.05) is 28.2 Å². The Morgan fingerprint density at radius 2 is 1.84 bits per heavy atom.